The van der Waals surface area contributed by atoms with Gasteiger partial charge in [0.15, 0.2) is 0 Å². The molecule has 3 heteroatoms. The predicted octanol–water partition coefficient (Wildman–Crippen LogP) is 3.12. The van der Waals surface area contributed by atoms with E-state index in [-0.39, 0.29) is 6.04 Å². The molecule has 0 saturated heterocycles. The van der Waals surface area contributed by atoms with Crippen molar-refractivity contribution < 1.29 is 9.84 Å². The molecule has 108 valence electrons. The largest absolute Gasteiger partial charge is 0.497 e. The molecule has 0 fully saturated rings. The van der Waals surface area contributed by atoms with Gasteiger partial charge in [0.2, 0.25) is 0 Å². The van der Waals surface area contributed by atoms with Crippen LogP contribution in [0, 0.1) is 13.8 Å². The van der Waals surface area contributed by atoms with Gasteiger partial charge >= 0.3 is 0 Å². The van der Waals surface area contributed by atoms with Gasteiger partial charge in [0.25, 0.3) is 0 Å². The Hall–Kier alpha value is -1.06. The van der Waals surface area contributed by atoms with Crippen LogP contribution in [0.2, 0.25) is 0 Å². The van der Waals surface area contributed by atoms with E-state index in [4.69, 9.17) is 4.74 Å². The monoisotopic (exact) mass is 265 g/mol. The van der Waals surface area contributed by atoms with Gasteiger partial charge in [-0.2, -0.15) is 0 Å². The number of ether oxygens (including phenoxy) is 1. The van der Waals surface area contributed by atoms with Gasteiger partial charge in [0.1, 0.15) is 5.75 Å². The molecular formula is C16H27NO2. The summed E-state index contributed by atoms with van der Waals surface area (Å²) in [5, 5.41) is 13.9. The summed E-state index contributed by atoms with van der Waals surface area (Å²) in [5.41, 5.74) is 3.17. The molecule has 2 atom stereocenters. The van der Waals surface area contributed by atoms with Crippen LogP contribution in [0.3, 0.4) is 0 Å². The van der Waals surface area contributed by atoms with Gasteiger partial charge in [-0.25, -0.2) is 0 Å². The number of hydrogen-bond acceptors (Lipinski definition) is 3. The Kier molecular flexibility index (Phi) is 6.32. The number of aliphatic hydroxyl groups excluding tert-OH is 1. The van der Waals surface area contributed by atoms with Crippen molar-refractivity contribution in [3.05, 3.63) is 28.8 Å². The van der Waals surface area contributed by atoms with E-state index in [1.807, 2.05) is 32.9 Å². The first-order valence-electron chi connectivity index (χ1n) is 7.07. The van der Waals surface area contributed by atoms with E-state index in [1.165, 1.54) is 0 Å². The van der Waals surface area contributed by atoms with Crippen LogP contribution in [0.15, 0.2) is 12.1 Å². The van der Waals surface area contributed by atoms with Crippen LogP contribution in [-0.4, -0.2) is 24.8 Å². The Bertz CT molecular complexity index is 381. The third kappa shape index (κ3) is 4.22. The lowest BCUT2D eigenvalue weighted by Crippen LogP contribution is -2.33. The number of methoxy groups -OCH3 is 1. The van der Waals surface area contributed by atoms with E-state index in [2.05, 4.69) is 12.2 Å². The van der Waals surface area contributed by atoms with E-state index < -0.39 is 6.10 Å². The Morgan fingerprint density at radius 3 is 2.32 bits per heavy atom. The van der Waals surface area contributed by atoms with Crippen molar-refractivity contribution in [1.29, 1.82) is 0 Å². The van der Waals surface area contributed by atoms with Crippen molar-refractivity contribution in [2.45, 2.75) is 52.7 Å². The van der Waals surface area contributed by atoms with E-state index >= 15 is 0 Å². The van der Waals surface area contributed by atoms with Gasteiger partial charge < -0.3 is 15.2 Å². The van der Waals surface area contributed by atoms with Crippen LogP contribution in [0.5, 0.6) is 5.75 Å². The fourth-order valence-electron chi connectivity index (χ4n) is 2.39. The molecule has 2 unspecified atom stereocenters. The second-order valence-electron chi connectivity index (χ2n) is 5.22. The van der Waals surface area contributed by atoms with Crippen molar-refractivity contribution in [3.8, 4) is 5.75 Å². The molecule has 2 N–H and O–H groups in total. The number of nitrogens with one attached hydrogen (secondary N) is 1. The van der Waals surface area contributed by atoms with Crippen molar-refractivity contribution in [2.75, 3.05) is 13.7 Å². The molecule has 0 radical (unpaired) electrons. The maximum atomic E-state index is 10.5. The van der Waals surface area contributed by atoms with Crippen LogP contribution in [0.25, 0.3) is 0 Å². The number of unbranched alkanes of at least 4 members (excludes halogenated alkanes) is 1. The Morgan fingerprint density at radius 1 is 1.26 bits per heavy atom. The van der Waals surface area contributed by atoms with Crippen molar-refractivity contribution in [3.63, 3.8) is 0 Å². The van der Waals surface area contributed by atoms with E-state index in [9.17, 15) is 5.11 Å². The Labute approximate surface area is 117 Å². The van der Waals surface area contributed by atoms with Gasteiger partial charge in [0, 0.05) is 6.04 Å². The first kappa shape index (κ1) is 16.0. The lowest BCUT2D eigenvalue weighted by atomic mass is 9.94. The number of aliphatic hydroxyl groups is 1. The molecule has 0 aliphatic rings. The van der Waals surface area contributed by atoms with E-state index in [0.717, 1.165) is 41.8 Å². The van der Waals surface area contributed by atoms with Crippen LogP contribution >= 0.6 is 0 Å². The molecule has 0 spiro atoms. The lowest BCUT2D eigenvalue weighted by Gasteiger charge is -2.24. The molecule has 0 saturated carbocycles. The first-order chi connectivity index (χ1) is 9.01. The zero-order valence-corrected chi connectivity index (χ0v) is 12.8. The summed E-state index contributed by atoms with van der Waals surface area (Å²) in [7, 11) is 1.67. The molecule has 0 bridgehead atoms. The summed E-state index contributed by atoms with van der Waals surface area (Å²) >= 11 is 0. The second-order valence-corrected chi connectivity index (χ2v) is 5.22. The highest BCUT2D eigenvalue weighted by atomic mass is 16.5. The van der Waals surface area contributed by atoms with E-state index in [1.54, 1.807) is 7.11 Å². The van der Waals surface area contributed by atoms with Crippen LogP contribution in [-0.2, 0) is 0 Å². The highest BCUT2D eigenvalue weighted by Crippen LogP contribution is 2.28. The molecule has 0 aliphatic carbocycles. The molecular weight excluding hydrogens is 238 g/mol. The standard InChI is InChI=1S/C16H27NO2/c1-6-7-8-17-13(4)16(18)15-11(2)9-14(19-5)10-12(15)3/h9-10,13,16-18H,6-8H2,1-5H3. The third-order valence-corrected chi connectivity index (χ3v) is 3.57. The van der Waals surface area contributed by atoms with E-state index in [0.29, 0.717) is 0 Å². The van der Waals surface area contributed by atoms with Crippen molar-refractivity contribution in [2.24, 2.45) is 0 Å². The minimum Gasteiger partial charge on any atom is -0.497 e. The highest BCUT2D eigenvalue weighted by molar-refractivity contribution is 5.42. The van der Waals surface area contributed by atoms with Crippen LogP contribution in [0.4, 0.5) is 0 Å². The van der Waals surface area contributed by atoms with Crippen molar-refractivity contribution >= 4 is 0 Å². The van der Waals surface area contributed by atoms with Gasteiger partial charge in [0.05, 0.1) is 13.2 Å². The topological polar surface area (TPSA) is 41.5 Å². The normalized spacial score (nSPS) is 14.2. The molecule has 1 rings (SSSR count). The third-order valence-electron chi connectivity index (χ3n) is 3.57. The summed E-state index contributed by atoms with van der Waals surface area (Å²) in [6.45, 7) is 9.19. The fourth-order valence-corrected chi connectivity index (χ4v) is 2.39. The fraction of sp³-hybridized carbons (Fsp3) is 0.625. The molecule has 0 aliphatic heterocycles. The van der Waals surface area contributed by atoms with Crippen molar-refractivity contribution in [1.82, 2.24) is 5.32 Å². The molecule has 3 nitrogen and oxygen atoms in total. The maximum Gasteiger partial charge on any atom is 0.119 e. The van der Waals surface area contributed by atoms with Crippen LogP contribution < -0.4 is 10.1 Å². The molecule has 0 amide bonds. The lowest BCUT2D eigenvalue weighted by molar-refractivity contribution is 0.134. The minimum atomic E-state index is -0.484. The van der Waals surface area contributed by atoms with Crippen LogP contribution in [0.1, 0.15) is 49.5 Å². The second kappa shape index (κ2) is 7.51. The summed E-state index contributed by atoms with van der Waals surface area (Å²) < 4.78 is 5.25. The smallest absolute Gasteiger partial charge is 0.119 e. The zero-order valence-electron chi connectivity index (χ0n) is 12.8. The first-order valence-corrected chi connectivity index (χ1v) is 7.07. The van der Waals surface area contributed by atoms with Gasteiger partial charge in [-0.15, -0.1) is 0 Å². The summed E-state index contributed by atoms with van der Waals surface area (Å²) in [5.74, 6) is 0.845. The van der Waals surface area contributed by atoms with Gasteiger partial charge in [-0.05, 0) is 62.6 Å². The minimum absolute atomic E-state index is 0.0531. The average Bonchev–Trinajstić information content (AvgIpc) is 2.37. The Morgan fingerprint density at radius 2 is 1.84 bits per heavy atom. The molecule has 1 aromatic rings. The maximum absolute atomic E-state index is 10.5. The molecule has 19 heavy (non-hydrogen) atoms. The summed E-state index contributed by atoms with van der Waals surface area (Å²) in [6.07, 6.45) is 1.82. The molecule has 0 heterocycles. The number of rotatable bonds is 7. The summed E-state index contributed by atoms with van der Waals surface area (Å²) in [6, 6.07) is 4.01. The quantitative estimate of drug-likeness (QED) is 0.744. The number of hydrogen-bond donors (Lipinski definition) is 2. The zero-order chi connectivity index (χ0) is 14.4. The predicted molar refractivity (Wildman–Crippen MR) is 79.8 cm³/mol. The number of benzene rings is 1. The van der Waals surface area contributed by atoms with Gasteiger partial charge in [-0.3, -0.25) is 0 Å². The molecule has 1 aromatic carbocycles. The Balaban J connectivity index is 2.84. The molecule has 0 aromatic heterocycles. The summed E-state index contributed by atoms with van der Waals surface area (Å²) in [4.78, 5) is 0. The SMILES string of the molecule is CCCCNC(C)C(O)c1c(C)cc(OC)cc1C. The number of aryl methyl sites for hydroxylation is 2. The highest BCUT2D eigenvalue weighted by Gasteiger charge is 2.20. The van der Waals surface area contributed by atoms with Gasteiger partial charge in [-0.1, -0.05) is 13.3 Å². The average molecular weight is 265 g/mol.